The fraction of sp³-hybridized carbons (Fsp3) is 0.480. The third kappa shape index (κ3) is 4.04. The Morgan fingerprint density at radius 1 is 1.17 bits per heavy atom. The molecule has 1 amide bonds. The van der Waals surface area contributed by atoms with Crippen LogP contribution in [0.3, 0.4) is 0 Å². The van der Waals surface area contributed by atoms with Gasteiger partial charge in [-0.1, -0.05) is 30.3 Å². The Bertz CT molecular complexity index is 897. The Balaban J connectivity index is 1.74. The Kier molecular flexibility index (Phi) is 6.00. The van der Waals surface area contributed by atoms with Crippen LogP contribution in [0.25, 0.3) is 0 Å². The summed E-state index contributed by atoms with van der Waals surface area (Å²) >= 11 is 0. The predicted octanol–water partition coefficient (Wildman–Crippen LogP) is 4.31. The van der Waals surface area contributed by atoms with E-state index in [1.54, 1.807) is 4.90 Å². The van der Waals surface area contributed by atoms with Crippen LogP contribution >= 0.6 is 0 Å². The zero-order valence-electron chi connectivity index (χ0n) is 18.5. The van der Waals surface area contributed by atoms with Crippen molar-refractivity contribution in [2.75, 3.05) is 30.4 Å². The molecule has 0 spiro atoms. The van der Waals surface area contributed by atoms with Crippen molar-refractivity contribution in [3.8, 4) is 5.75 Å². The highest BCUT2D eigenvalue weighted by atomic mass is 16.5. The van der Waals surface area contributed by atoms with E-state index in [1.165, 1.54) is 11.1 Å². The quantitative estimate of drug-likeness (QED) is 0.802. The zero-order valence-corrected chi connectivity index (χ0v) is 18.5. The molecule has 1 saturated heterocycles. The summed E-state index contributed by atoms with van der Waals surface area (Å²) in [4.78, 5) is 16.5. The van der Waals surface area contributed by atoms with Crippen molar-refractivity contribution in [3.63, 3.8) is 0 Å². The van der Waals surface area contributed by atoms with E-state index in [0.717, 1.165) is 42.9 Å². The molecule has 0 unspecified atom stereocenters. The minimum atomic E-state index is 0.0903. The molecule has 30 heavy (non-hydrogen) atoms. The summed E-state index contributed by atoms with van der Waals surface area (Å²) in [5.74, 6) is 1.08. The van der Waals surface area contributed by atoms with Gasteiger partial charge < -0.3 is 19.9 Å². The van der Waals surface area contributed by atoms with Crippen molar-refractivity contribution in [2.24, 2.45) is 0 Å². The number of hydrogen-bond acceptors (Lipinski definition) is 4. The third-order valence-electron chi connectivity index (χ3n) is 6.33. The molecule has 0 aliphatic carbocycles. The molecule has 0 aromatic heterocycles. The smallest absolute Gasteiger partial charge is 0.227 e. The largest absolute Gasteiger partial charge is 0.489 e. The van der Waals surface area contributed by atoms with E-state index in [2.05, 4.69) is 73.6 Å². The van der Waals surface area contributed by atoms with Crippen molar-refractivity contribution in [3.05, 3.63) is 53.6 Å². The van der Waals surface area contributed by atoms with Gasteiger partial charge in [0.05, 0.1) is 17.8 Å². The van der Waals surface area contributed by atoms with E-state index < -0.39 is 0 Å². The molecule has 160 valence electrons. The van der Waals surface area contributed by atoms with Crippen LogP contribution in [0.1, 0.15) is 50.3 Å². The number of ether oxygens (including phenoxy) is 1. The maximum absolute atomic E-state index is 12.3. The lowest BCUT2D eigenvalue weighted by atomic mass is 9.90. The van der Waals surface area contributed by atoms with Gasteiger partial charge in [-0.15, -0.1) is 0 Å². The van der Waals surface area contributed by atoms with Crippen molar-refractivity contribution in [2.45, 2.75) is 57.7 Å². The molecule has 2 aliphatic rings. The first-order valence-electron chi connectivity index (χ1n) is 11.1. The summed E-state index contributed by atoms with van der Waals surface area (Å²) in [6.07, 6.45) is 3.67. The molecule has 1 N–H and O–H groups in total. The minimum Gasteiger partial charge on any atom is -0.489 e. The number of likely N-dealkylation sites (N-methyl/N-ethyl adjacent to an activating group) is 1. The number of aryl methyl sites for hydroxylation is 1. The summed E-state index contributed by atoms with van der Waals surface area (Å²) < 4.78 is 6.26. The lowest BCUT2D eigenvalue weighted by Gasteiger charge is -2.41. The van der Waals surface area contributed by atoms with Gasteiger partial charge in [0, 0.05) is 32.2 Å². The molecular weight excluding hydrogens is 374 g/mol. The van der Waals surface area contributed by atoms with Gasteiger partial charge in [0.25, 0.3) is 0 Å². The summed E-state index contributed by atoms with van der Waals surface area (Å²) in [6.45, 7) is 5.16. The van der Waals surface area contributed by atoms with E-state index in [4.69, 9.17) is 4.74 Å². The van der Waals surface area contributed by atoms with Crippen LogP contribution < -0.4 is 19.9 Å². The van der Waals surface area contributed by atoms with Crippen molar-refractivity contribution >= 4 is 17.3 Å². The lowest BCUT2D eigenvalue weighted by Crippen LogP contribution is -2.47. The molecule has 5 nitrogen and oxygen atoms in total. The maximum atomic E-state index is 12.3. The predicted molar refractivity (Wildman–Crippen MR) is 123 cm³/mol. The second-order valence-corrected chi connectivity index (χ2v) is 8.73. The highest BCUT2D eigenvalue weighted by Crippen LogP contribution is 2.41. The van der Waals surface area contributed by atoms with E-state index in [0.29, 0.717) is 12.5 Å². The topological polar surface area (TPSA) is 44.8 Å². The Morgan fingerprint density at radius 3 is 2.67 bits per heavy atom. The first-order valence-corrected chi connectivity index (χ1v) is 11.1. The van der Waals surface area contributed by atoms with Gasteiger partial charge in [-0.3, -0.25) is 4.79 Å². The normalized spacial score (nSPS) is 21.5. The molecule has 2 aliphatic heterocycles. The molecule has 1 fully saturated rings. The molecule has 0 saturated carbocycles. The van der Waals surface area contributed by atoms with Crippen molar-refractivity contribution in [1.29, 1.82) is 0 Å². The summed E-state index contributed by atoms with van der Waals surface area (Å²) in [6, 6.07) is 15.5. The second kappa shape index (κ2) is 8.68. The van der Waals surface area contributed by atoms with Gasteiger partial charge in [-0.05, 0) is 62.9 Å². The average Bonchev–Trinajstić information content (AvgIpc) is 2.76. The zero-order chi connectivity index (χ0) is 21.3. The summed E-state index contributed by atoms with van der Waals surface area (Å²) in [5.41, 5.74) is 4.56. The number of fused-ring (bicyclic) bond motifs is 1. The van der Waals surface area contributed by atoms with Gasteiger partial charge in [-0.2, -0.15) is 0 Å². The van der Waals surface area contributed by atoms with Crippen LogP contribution in [-0.4, -0.2) is 38.7 Å². The molecule has 2 aromatic carbocycles. The van der Waals surface area contributed by atoms with Crippen LogP contribution in [0.5, 0.6) is 5.75 Å². The Morgan fingerprint density at radius 2 is 1.93 bits per heavy atom. The van der Waals surface area contributed by atoms with Crippen LogP contribution in [0.15, 0.2) is 42.5 Å². The molecular formula is C25H33N3O2. The fourth-order valence-electron chi connectivity index (χ4n) is 4.75. The van der Waals surface area contributed by atoms with Crippen molar-refractivity contribution in [1.82, 2.24) is 5.32 Å². The standard InChI is InChI=1S/C25H33N3O2/c1-17(2)30-23-15-19-12-13-24(29)28(4)21(19)16-22(23)27(3)20-11-8-14-26-25(20)18-9-6-5-7-10-18/h5-7,9-10,15-17,20,25-26H,8,11-14H2,1-4H3/t20-,25-/m0/s1. The first-order chi connectivity index (χ1) is 14.5. The van der Waals surface area contributed by atoms with Gasteiger partial charge >= 0.3 is 0 Å². The van der Waals surface area contributed by atoms with E-state index in [1.807, 2.05) is 7.05 Å². The molecule has 0 radical (unpaired) electrons. The van der Waals surface area contributed by atoms with E-state index in [9.17, 15) is 4.79 Å². The number of anilines is 2. The van der Waals surface area contributed by atoms with Gasteiger partial charge in [0.1, 0.15) is 5.75 Å². The number of amides is 1. The second-order valence-electron chi connectivity index (χ2n) is 8.73. The molecule has 2 atom stereocenters. The fourth-order valence-corrected chi connectivity index (χ4v) is 4.75. The Labute approximate surface area is 180 Å². The monoisotopic (exact) mass is 407 g/mol. The van der Waals surface area contributed by atoms with Crippen LogP contribution in [0.2, 0.25) is 0 Å². The van der Waals surface area contributed by atoms with E-state index >= 15 is 0 Å². The van der Waals surface area contributed by atoms with Gasteiger partial charge in [-0.25, -0.2) is 0 Å². The molecule has 2 aromatic rings. The van der Waals surface area contributed by atoms with Crippen LogP contribution in [-0.2, 0) is 11.2 Å². The number of benzene rings is 2. The highest BCUT2D eigenvalue weighted by Gasteiger charge is 2.32. The van der Waals surface area contributed by atoms with Gasteiger partial charge in [0.2, 0.25) is 5.91 Å². The highest BCUT2D eigenvalue weighted by molar-refractivity contribution is 5.97. The summed E-state index contributed by atoms with van der Waals surface area (Å²) in [7, 11) is 4.04. The van der Waals surface area contributed by atoms with E-state index in [-0.39, 0.29) is 18.1 Å². The average molecular weight is 408 g/mol. The third-order valence-corrected chi connectivity index (χ3v) is 6.33. The van der Waals surface area contributed by atoms with Crippen molar-refractivity contribution < 1.29 is 9.53 Å². The number of hydrogen-bond donors (Lipinski definition) is 1. The number of carbonyl (C=O) groups is 1. The molecule has 2 heterocycles. The van der Waals surface area contributed by atoms with Gasteiger partial charge in [0.15, 0.2) is 0 Å². The number of nitrogens with zero attached hydrogens (tertiary/aromatic N) is 2. The minimum absolute atomic E-state index is 0.0903. The number of nitrogens with one attached hydrogen (secondary N) is 1. The Hall–Kier alpha value is -2.53. The number of piperidine rings is 1. The SMILES string of the molecule is CC(C)Oc1cc2c(cc1N(C)[C@H]1CCCN[C@H]1c1ccccc1)N(C)C(=O)CC2. The van der Waals surface area contributed by atoms with Crippen LogP contribution in [0.4, 0.5) is 11.4 Å². The lowest BCUT2D eigenvalue weighted by molar-refractivity contribution is -0.118. The maximum Gasteiger partial charge on any atom is 0.227 e. The molecule has 5 heteroatoms. The number of carbonyl (C=O) groups excluding carboxylic acids is 1. The first kappa shape index (κ1) is 20.7. The number of rotatable bonds is 5. The summed E-state index contributed by atoms with van der Waals surface area (Å²) in [5, 5.41) is 3.73. The molecule has 0 bridgehead atoms. The molecule has 4 rings (SSSR count). The van der Waals surface area contributed by atoms with Crippen LogP contribution in [0, 0.1) is 0 Å².